The number of hydrogen-bond acceptors (Lipinski definition) is 5. The number of para-hydroxylation sites is 1. The van der Waals surface area contributed by atoms with Crippen molar-refractivity contribution < 1.29 is 13.9 Å². The second kappa shape index (κ2) is 5.44. The topological polar surface area (TPSA) is 69.4 Å². The molecule has 1 aromatic heterocycles. The van der Waals surface area contributed by atoms with Crippen molar-refractivity contribution >= 4 is 16.9 Å². The summed E-state index contributed by atoms with van der Waals surface area (Å²) in [5, 5.41) is 0.455. The van der Waals surface area contributed by atoms with E-state index in [1.165, 1.54) is 6.92 Å². The molecule has 5 nitrogen and oxygen atoms in total. The van der Waals surface area contributed by atoms with Crippen LogP contribution >= 0.6 is 0 Å². The third-order valence-corrected chi connectivity index (χ3v) is 3.24. The van der Waals surface area contributed by atoms with Gasteiger partial charge in [-0.2, -0.15) is 0 Å². The lowest BCUT2D eigenvalue weighted by Gasteiger charge is -2.08. The smallest absolute Gasteiger partial charge is 0.347 e. The lowest BCUT2D eigenvalue weighted by atomic mass is 10.1. The second-order valence-electron chi connectivity index (χ2n) is 4.87. The van der Waals surface area contributed by atoms with Crippen molar-refractivity contribution in [2.24, 2.45) is 0 Å². The number of carbonyl (C=O) groups is 1. The molecule has 0 radical (unpaired) electrons. The highest BCUT2D eigenvalue weighted by molar-refractivity contribution is 5.82. The van der Waals surface area contributed by atoms with Gasteiger partial charge < -0.3 is 9.15 Å². The van der Waals surface area contributed by atoms with Gasteiger partial charge in [0, 0.05) is 6.92 Å². The maximum atomic E-state index is 12.2. The summed E-state index contributed by atoms with van der Waals surface area (Å²) in [5.41, 5.74) is 1.34. The molecule has 0 saturated carbocycles. The Morgan fingerprint density at radius 3 is 2.68 bits per heavy atom. The number of carbonyl (C=O) groups excluding carboxylic acids is 1. The fraction of sp³-hybridized carbons (Fsp3) is 0.118. The molecule has 3 rings (SSSR count). The summed E-state index contributed by atoms with van der Waals surface area (Å²) in [4.78, 5) is 27.8. The zero-order valence-electron chi connectivity index (χ0n) is 12.1. The van der Waals surface area contributed by atoms with Crippen LogP contribution in [-0.4, -0.2) is 11.0 Å². The minimum Gasteiger partial charge on any atom is -0.426 e. The summed E-state index contributed by atoms with van der Waals surface area (Å²) in [5.74, 6) is -0.0240. The number of ether oxygens (including phenoxy) is 1. The van der Waals surface area contributed by atoms with E-state index in [0.717, 1.165) is 5.56 Å². The van der Waals surface area contributed by atoms with Crippen LogP contribution < -0.4 is 10.4 Å². The number of esters is 1. The molecule has 0 saturated heterocycles. The second-order valence-corrected chi connectivity index (χ2v) is 4.87. The SMILES string of the molecule is CC(=O)Oc1ccccc1-c1nc2cccc(C)c2c(=O)o1. The molecule has 0 bridgehead atoms. The van der Waals surface area contributed by atoms with Crippen LogP contribution in [0, 0.1) is 6.92 Å². The lowest BCUT2D eigenvalue weighted by Crippen LogP contribution is -2.06. The number of aromatic nitrogens is 1. The van der Waals surface area contributed by atoms with E-state index in [0.29, 0.717) is 22.2 Å². The molecule has 0 fully saturated rings. The highest BCUT2D eigenvalue weighted by Crippen LogP contribution is 2.29. The Morgan fingerprint density at radius 1 is 1.14 bits per heavy atom. The number of aryl methyl sites for hydroxylation is 1. The van der Waals surface area contributed by atoms with Gasteiger partial charge >= 0.3 is 11.6 Å². The van der Waals surface area contributed by atoms with E-state index < -0.39 is 11.6 Å². The van der Waals surface area contributed by atoms with Crippen LogP contribution in [0.2, 0.25) is 0 Å². The number of hydrogen-bond donors (Lipinski definition) is 0. The zero-order valence-corrected chi connectivity index (χ0v) is 12.1. The van der Waals surface area contributed by atoms with E-state index in [4.69, 9.17) is 9.15 Å². The molecule has 3 aromatic rings. The predicted octanol–water partition coefficient (Wildman–Crippen LogP) is 3.09. The van der Waals surface area contributed by atoms with Gasteiger partial charge in [0.15, 0.2) is 0 Å². The number of benzene rings is 2. The highest BCUT2D eigenvalue weighted by atomic mass is 16.5. The monoisotopic (exact) mass is 295 g/mol. The minimum atomic E-state index is -0.462. The van der Waals surface area contributed by atoms with E-state index in [-0.39, 0.29) is 5.89 Å². The molecular formula is C17H13NO4. The molecule has 2 aromatic carbocycles. The summed E-state index contributed by atoms with van der Waals surface area (Å²) in [6.45, 7) is 3.14. The molecule has 0 atom stereocenters. The predicted molar refractivity (Wildman–Crippen MR) is 81.8 cm³/mol. The van der Waals surface area contributed by atoms with E-state index >= 15 is 0 Å². The molecule has 22 heavy (non-hydrogen) atoms. The number of fused-ring (bicyclic) bond motifs is 1. The van der Waals surface area contributed by atoms with Crippen molar-refractivity contribution in [1.29, 1.82) is 0 Å². The molecule has 0 amide bonds. The van der Waals surface area contributed by atoms with Gasteiger partial charge in [-0.3, -0.25) is 4.79 Å². The first-order valence-electron chi connectivity index (χ1n) is 6.74. The Balaban J connectivity index is 2.24. The van der Waals surface area contributed by atoms with Crippen LogP contribution in [0.5, 0.6) is 5.75 Å². The van der Waals surface area contributed by atoms with E-state index in [9.17, 15) is 9.59 Å². The molecule has 0 unspecified atom stereocenters. The Kier molecular flexibility index (Phi) is 3.47. The van der Waals surface area contributed by atoms with Crippen molar-refractivity contribution in [2.45, 2.75) is 13.8 Å². The van der Waals surface area contributed by atoms with Crippen molar-refractivity contribution in [3.63, 3.8) is 0 Å². The van der Waals surface area contributed by atoms with E-state index in [1.807, 2.05) is 19.1 Å². The van der Waals surface area contributed by atoms with Crippen LogP contribution in [0.4, 0.5) is 0 Å². The molecule has 1 heterocycles. The summed E-state index contributed by atoms with van der Waals surface area (Å²) in [7, 11) is 0. The van der Waals surface area contributed by atoms with Gasteiger partial charge in [0.05, 0.1) is 16.5 Å². The maximum absolute atomic E-state index is 12.2. The maximum Gasteiger partial charge on any atom is 0.347 e. The quantitative estimate of drug-likeness (QED) is 0.536. The van der Waals surface area contributed by atoms with Gasteiger partial charge in [0.25, 0.3) is 0 Å². The standard InChI is InChI=1S/C17H13NO4/c1-10-6-5-8-13-15(10)17(20)22-16(18-13)12-7-3-4-9-14(12)21-11(2)19/h3-9H,1-2H3. The van der Waals surface area contributed by atoms with Crippen LogP contribution in [-0.2, 0) is 4.79 Å². The molecule has 110 valence electrons. The first-order valence-corrected chi connectivity index (χ1v) is 6.74. The van der Waals surface area contributed by atoms with Gasteiger partial charge in [-0.1, -0.05) is 24.3 Å². The zero-order chi connectivity index (χ0) is 15.7. The van der Waals surface area contributed by atoms with Crippen molar-refractivity contribution in [1.82, 2.24) is 4.98 Å². The average molecular weight is 295 g/mol. The van der Waals surface area contributed by atoms with Gasteiger partial charge in [-0.15, -0.1) is 0 Å². The third-order valence-electron chi connectivity index (χ3n) is 3.24. The molecule has 0 aliphatic carbocycles. The fourth-order valence-electron chi connectivity index (χ4n) is 2.28. The third kappa shape index (κ3) is 2.48. The van der Waals surface area contributed by atoms with E-state index in [1.54, 1.807) is 30.3 Å². The van der Waals surface area contributed by atoms with Gasteiger partial charge in [0.1, 0.15) is 5.75 Å². The van der Waals surface area contributed by atoms with Crippen molar-refractivity contribution in [2.75, 3.05) is 0 Å². The Labute approximate surface area is 126 Å². The Hall–Kier alpha value is -2.95. The van der Waals surface area contributed by atoms with Gasteiger partial charge in [-0.25, -0.2) is 9.78 Å². The first-order chi connectivity index (χ1) is 10.6. The van der Waals surface area contributed by atoms with Crippen LogP contribution in [0.15, 0.2) is 51.7 Å². The largest absolute Gasteiger partial charge is 0.426 e. The highest BCUT2D eigenvalue weighted by Gasteiger charge is 2.14. The molecule has 0 aliphatic heterocycles. The number of nitrogens with zero attached hydrogens (tertiary/aromatic N) is 1. The van der Waals surface area contributed by atoms with Crippen molar-refractivity contribution in [3.8, 4) is 17.2 Å². The first kappa shape index (κ1) is 14.0. The van der Waals surface area contributed by atoms with Crippen molar-refractivity contribution in [3.05, 3.63) is 58.4 Å². The molecule has 0 spiro atoms. The Bertz CT molecular complexity index is 927. The molecular weight excluding hydrogens is 282 g/mol. The summed E-state index contributed by atoms with van der Waals surface area (Å²) in [6, 6.07) is 12.2. The minimum absolute atomic E-state index is 0.125. The normalized spacial score (nSPS) is 10.6. The average Bonchev–Trinajstić information content (AvgIpc) is 2.47. The van der Waals surface area contributed by atoms with Crippen LogP contribution in [0.1, 0.15) is 12.5 Å². The summed E-state index contributed by atoms with van der Waals surface area (Å²) < 4.78 is 10.5. The molecule has 5 heteroatoms. The lowest BCUT2D eigenvalue weighted by molar-refractivity contribution is -0.131. The fourth-order valence-corrected chi connectivity index (χ4v) is 2.28. The Morgan fingerprint density at radius 2 is 1.91 bits per heavy atom. The molecule has 0 aliphatic rings. The van der Waals surface area contributed by atoms with Gasteiger partial charge in [-0.05, 0) is 30.7 Å². The summed E-state index contributed by atoms with van der Waals surface area (Å²) >= 11 is 0. The van der Waals surface area contributed by atoms with Gasteiger partial charge in [0.2, 0.25) is 5.89 Å². The van der Waals surface area contributed by atoms with Crippen LogP contribution in [0.25, 0.3) is 22.4 Å². The number of rotatable bonds is 2. The van der Waals surface area contributed by atoms with E-state index in [2.05, 4.69) is 4.98 Å². The molecule has 0 N–H and O–H groups in total. The summed E-state index contributed by atoms with van der Waals surface area (Å²) in [6.07, 6.45) is 0. The van der Waals surface area contributed by atoms with Crippen LogP contribution in [0.3, 0.4) is 0 Å².